The third-order valence-corrected chi connectivity index (χ3v) is 9.75. The summed E-state index contributed by atoms with van der Waals surface area (Å²) >= 11 is 0. The minimum absolute atomic E-state index is 0.0128. The van der Waals surface area contributed by atoms with Gasteiger partial charge in [-0.2, -0.15) is 4.31 Å². The lowest BCUT2D eigenvalue weighted by molar-refractivity contribution is -0.135. The molecule has 8 nitrogen and oxygen atoms in total. The van der Waals surface area contributed by atoms with Crippen molar-refractivity contribution in [3.8, 4) is 0 Å². The second-order valence-electron chi connectivity index (χ2n) is 9.04. The summed E-state index contributed by atoms with van der Waals surface area (Å²) in [4.78, 5) is 15.3. The molecule has 0 bridgehead atoms. The lowest BCUT2D eigenvalue weighted by Gasteiger charge is -2.39. The Labute approximate surface area is 200 Å². The van der Waals surface area contributed by atoms with Gasteiger partial charge in [0, 0.05) is 32.2 Å². The van der Waals surface area contributed by atoms with Crippen LogP contribution < -0.4 is 0 Å². The van der Waals surface area contributed by atoms with Crippen molar-refractivity contribution in [2.75, 3.05) is 37.7 Å². The first-order valence-electron chi connectivity index (χ1n) is 11.8. The normalized spacial score (nSPS) is 16.4. The maximum absolute atomic E-state index is 13.5. The summed E-state index contributed by atoms with van der Waals surface area (Å²) in [6.07, 6.45) is 1.55. The van der Waals surface area contributed by atoms with Crippen molar-refractivity contribution in [1.82, 2.24) is 13.5 Å². The lowest BCUT2D eigenvalue weighted by Crippen LogP contribution is -2.52. The molecule has 1 aromatic rings. The van der Waals surface area contributed by atoms with E-state index in [0.717, 1.165) is 5.56 Å². The molecule has 1 amide bonds. The van der Waals surface area contributed by atoms with Gasteiger partial charge in [-0.1, -0.05) is 51.1 Å². The van der Waals surface area contributed by atoms with Crippen LogP contribution in [0.25, 0.3) is 0 Å². The number of sulfonamides is 2. The molecule has 10 heteroatoms. The summed E-state index contributed by atoms with van der Waals surface area (Å²) in [5, 5.41) is 0. The predicted molar refractivity (Wildman–Crippen MR) is 132 cm³/mol. The van der Waals surface area contributed by atoms with Crippen LogP contribution in [0.4, 0.5) is 0 Å². The Bertz CT molecular complexity index is 957. The van der Waals surface area contributed by atoms with Gasteiger partial charge < -0.3 is 4.90 Å². The molecule has 2 rings (SSSR count). The van der Waals surface area contributed by atoms with E-state index in [-0.39, 0.29) is 35.9 Å². The summed E-state index contributed by atoms with van der Waals surface area (Å²) in [7, 11) is -6.80. The molecule has 0 atom stereocenters. The number of amides is 1. The Kier molecular flexibility index (Phi) is 10.3. The van der Waals surface area contributed by atoms with E-state index in [2.05, 4.69) is 0 Å². The molecular formula is C23H39N3O5S2. The molecule has 0 spiro atoms. The van der Waals surface area contributed by atoms with Crippen LogP contribution in [-0.4, -0.2) is 80.0 Å². The maximum Gasteiger partial charge on any atom is 0.238 e. The van der Waals surface area contributed by atoms with Crippen LogP contribution in [0.5, 0.6) is 0 Å². The van der Waals surface area contributed by atoms with Gasteiger partial charge in [-0.15, -0.1) is 0 Å². The molecular weight excluding hydrogens is 462 g/mol. The van der Waals surface area contributed by atoms with Gasteiger partial charge in [0.2, 0.25) is 26.0 Å². The Morgan fingerprint density at radius 2 is 1.67 bits per heavy atom. The SMILES string of the molecule is CCCS(=O)(=O)N(CC(=O)N(Cc1ccccc1)C1CCN(S(=O)(=O)CC)CC1)CC(C)C. The molecule has 1 aromatic carbocycles. The highest BCUT2D eigenvalue weighted by atomic mass is 32.2. The first kappa shape index (κ1) is 27.8. The number of hydrogen-bond donors (Lipinski definition) is 0. The molecule has 33 heavy (non-hydrogen) atoms. The van der Waals surface area contributed by atoms with E-state index in [4.69, 9.17) is 0 Å². The van der Waals surface area contributed by atoms with Crippen molar-refractivity contribution in [3.05, 3.63) is 35.9 Å². The largest absolute Gasteiger partial charge is 0.334 e. The van der Waals surface area contributed by atoms with Crippen LogP contribution in [0.2, 0.25) is 0 Å². The number of carbonyl (C=O) groups excluding carboxylic acids is 1. The Hall–Kier alpha value is -1.49. The zero-order chi connectivity index (χ0) is 24.6. The van der Waals surface area contributed by atoms with Crippen LogP contribution >= 0.6 is 0 Å². The van der Waals surface area contributed by atoms with E-state index in [1.807, 2.05) is 51.1 Å². The number of carbonyl (C=O) groups is 1. The van der Waals surface area contributed by atoms with Crippen LogP contribution in [0, 0.1) is 5.92 Å². The lowest BCUT2D eigenvalue weighted by atomic mass is 10.0. The van der Waals surface area contributed by atoms with Crippen LogP contribution in [0.15, 0.2) is 30.3 Å². The predicted octanol–water partition coefficient (Wildman–Crippen LogP) is 2.53. The first-order chi connectivity index (χ1) is 15.5. The van der Waals surface area contributed by atoms with E-state index in [1.165, 1.54) is 8.61 Å². The topological polar surface area (TPSA) is 95.1 Å². The quantitative estimate of drug-likeness (QED) is 0.439. The zero-order valence-electron chi connectivity index (χ0n) is 20.3. The number of piperidine rings is 1. The Morgan fingerprint density at radius 3 is 2.18 bits per heavy atom. The van der Waals surface area contributed by atoms with Crippen LogP contribution in [-0.2, 0) is 31.4 Å². The minimum atomic E-state index is -3.53. The van der Waals surface area contributed by atoms with Gasteiger partial charge in [-0.3, -0.25) is 4.79 Å². The number of benzene rings is 1. The van der Waals surface area contributed by atoms with E-state index in [0.29, 0.717) is 45.4 Å². The van der Waals surface area contributed by atoms with Crippen molar-refractivity contribution in [3.63, 3.8) is 0 Å². The number of nitrogens with zero attached hydrogens (tertiary/aromatic N) is 3. The third kappa shape index (κ3) is 8.05. The zero-order valence-corrected chi connectivity index (χ0v) is 21.9. The summed E-state index contributed by atoms with van der Waals surface area (Å²) in [5.41, 5.74) is 0.960. The average molecular weight is 502 g/mol. The van der Waals surface area contributed by atoms with Crippen LogP contribution in [0.3, 0.4) is 0 Å². The molecule has 1 saturated heterocycles. The monoisotopic (exact) mass is 501 g/mol. The van der Waals surface area contributed by atoms with Gasteiger partial charge in [0.1, 0.15) is 0 Å². The second kappa shape index (κ2) is 12.3. The fraction of sp³-hybridized carbons (Fsp3) is 0.696. The Morgan fingerprint density at radius 1 is 1.06 bits per heavy atom. The van der Waals surface area contributed by atoms with Gasteiger partial charge in [-0.05, 0) is 37.7 Å². The van der Waals surface area contributed by atoms with E-state index in [1.54, 1.807) is 11.8 Å². The van der Waals surface area contributed by atoms with Crippen molar-refractivity contribution in [2.45, 2.75) is 59.5 Å². The van der Waals surface area contributed by atoms with Gasteiger partial charge in [0.25, 0.3) is 0 Å². The fourth-order valence-corrected chi connectivity index (χ4v) is 6.87. The first-order valence-corrected chi connectivity index (χ1v) is 15.0. The molecule has 1 fully saturated rings. The molecule has 0 N–H and O–H groups in total. The Balaban J connectivity index is 2.24. The molecule has 1 aliphatic rings. The second-order valence-corrected chi connectivity index (χ2v) is 13.4. The van der Waals surface area contributed by atoms with Gasteiger partial charge in [-0.25, -0.2) is 21.1 Å². The molecule has 0 radical (unpaired) electrons. The summed E-state index contributed by atoms with van der Waals surface area (Å²) in [6, 6.07) is 9.46. The molecule has 0 aliphatic carbocycles. The molecule has 0 saturated carbocycles. The van der Waals surface area contributed by atoms with Crippen molar-refractivity contribution in [2.24, 2.45) is 5.92 Å². The van der Waals surface area contributed by atoms with Gasteiger partial charge >= 0.3 is 0 Å². The molecule has 188 valence electrons. The third-order valence-electron chi connectivity index (χ3n) is 5.87. The summed E-state index contributed by atoms with van der Waals surface area (Å²) in [5.74, 6) is -0.0756. The maximum atomic E-state index is 13.5. The highest BCUT2D eigenvalue weighted by Gasteiger charge is 2.34. The molecule has 0 unspecified atom stereocenters. The highest BCUT2D eigenvalue weighted by molar-refractivity contribution is 7.89. The standard InChI is InChI=1S/C23H39N3O5S2/c1-5-16-33(30,31)25(17-20(3)4)19-23(27)26(18-21-10-8-7-9-11-21)22-12-14-24(15-13-22)32(28,29)6-2/h7-11,20,22H,5-6,12-19H2,1-4H3. The van der Waals surface area contributed by atoms with Crippen molar-refractivity contribution >= 4 is 26.0 Å². The number of rotatable bonds is 12. The van der Waals surface area contributed by atoms with E-state index < -0.39 is 20.0 Å². The van der Waals surface area contributed by atoms with Crippen LogP contribution in [0.1, 0.15) is 52.5 Å². The summed E-state index contributed by atoms with van der Waals surface area (Å²) < 4.78 is 53.0. The minimum Gasteiger partial charge on any atom is -0.334 e. The number of hydrogen-bond acceptors (Lipinski definition) is 5. The average Bonchev–Trinajstić information content (AvgIpc) is 2.77. The molecule has 1 heterocycles. The van der Waals surface area contributed by atoms with Gasteiger partial charge in [0.15, 0.2) is 0 Å². The van der Waals surface area contributed by atoms with E-state index in [9.17, 15) is 21.6 Å². The fourth-order valence-electron chi connectivity index (χ4n) is 4.13. The van der Waals surface area contributed by atoms with E-state index >= 15 is 0 Å². The smallest absolute Gasteiger partial charge is 0.238 e. The molecule has 1 aliphatic heterocycles. The van der Waals surface area contributed by atoms with Crippen molar-refractivity contribution in [1.29, 1.82) is 0 Å². The molecule has 0 aromatic heterocycles. The summed E-state index contributed by atoms with van der Waals surface area (Å²) in [6.45, 7) is 8.51. The van der Waals surface area contributed by atoms with Crippen molar-refractivity contribution < 1.29 is 21.6 Å². The van der Waals surface area contributed by atoms with Gasteiger partial charge in [0.05, 0.1) is 18.1 Å². The highest BCUT2D eigenvalue weighted by Crippen LogP contribution is 2.22.